The lowest BCUT2D eigenvalue weighted by Crippen LogP contribution is -2.50. The summed E-state index contributed by atoms with van der Waals surface area (Å²) in [5.41, 5.74) is 0.986. The molecule has 0 aromatic heterocycles. The second-order valence-corrected chi connectivity index (χ2v) is 9.82. The fourth-order valence-electron chi connectivity index (χ4n) is 3.58. The molecule has 3 aromatic rings. The lowest BCUT2D eigenvalue weighted by atomic mass is 10.1. The zero-order valence-electron chi connectivity index (χ0n) is 20.2. The van der Waals surface area contributed by atoms with E-state index in [2.05, 4.69) is 5.32 Å². The Balaban J connectivity index is 1.98. The van der Waals surface area contributed by atoms with Crippen LogP contribution >= 0.6 is 0 Å². The topological polar surface area (TPSA) is 96.0 Å². The standard InChI is InChI=1S/C26H28FN3O5S/c1-19(26(32)28-2)29(17-20-9-13-23(35-3)14-10-20)25(31)18-30(22-7-5-4-6-8-22)36(33,34)24-15-11-21(27)12-16-24/h4-16,19H,17-18H2,1-3H3,(H,28,32). The van der Waals surface area contributed by atoms with Crippen LogP contribution in [0.2, 0.25) is 0 Å². The molecule has 36 heavy (non-hydrogen) atoms. The average molecular weight is 514 g/mol. The van der Waals surface area contributed by atoms with E-state index < -0.39 is 40.2 Å². The number of hydrogen-bond acceptors (Lipinski definition) is 5. The molecule has 10 heteroatoms. The molecule has 0 spiro atoms. The van der Waals surface area contributed by atoms with Gasteiger partial charge in [-0.15, -0.1) is 0 Å². The molecule has 1 atom stereocenters. The molecule has 0 aliphatic rings. The van der Waals surface area contributed by atoms with E-state index in [1.807, 2.05) is 0 Å². The van der Waals surface area contributed by atoms with Crippen molar-refractivity contribution in [3.8, 4) is 5.75 Å². The molecule has 0 radical (unpaired) electrons. The third-order valence-corrected chi connectivity index (χ3v) is 7.44. The molecule has 8 nitrogen and oxygen atoms in total. The van der Waals surface area contributed by atoms with Gasteiger partial charge >= 0.3 is 0 Å². The summed E-state index contributed by atoms with van der Waals surface area (Å²) in [5.74, 6) is -0.932. The summed E-state index contributed by atoms with van der Waals surface area (Å²) in [6.45, 7) is 1.07. The largest absolute Gasteiger partial charge is 0.497 e. The van der Waals surface area contributed by atoms with E-state index in [0.29, 0.717) is 5.75 Å². The van der Waals surface area contributed by atoms with Crippen molar-refractivity contribution < 1.29 is 27.1 Å². The van der Waals surface area contributed by atoms with E-state index in [-0.39, 0.29) is 17.1 Å². The minimum absolute atomic E-state index is 0.0661. The number of likely N-dealkylation sites (N-methyl/N-ethyl adjacent to an activating group) is 1. The van der Waals surface area contributed by atoms with Gasteiger partial charge in [0.1, 0.15) is 24.2 Å². The first-order valence-electron chi connectivity index (χ1n) is 11.1. The molecule has 0 heterocycles. The van der Waals surface area contributed by atoms with Crippen molar-refractivity contribution in [1.29, 1.82) is 0 Å². The van der Waals surface area contributed by atoms with E-state index in [4.69, 9.17) is 4.74 Å². The molecule has 0 saturated carbocycles. The van der Waals surface area contributed by atoms with Crippen LogP contribution in [0.3, 0.4) is 0 Å². The van der Waals surface area contributed by atoms with Crippen LogP contribution < -0.4 is 14.4 Å². The molecule has 0 aliphatic carbocycles. The fraction of sp³-hybridized carbons (Fsp3) is 0.231. The first-order chi connectivity index (χ1) is 17.2. The zero-order valence-corrected chi connectivity index (χ0v) is 21.0. The number of amides is 2. The van der Waals surface area contributed by atoms with Crippen LogP contribution in [0.5, 0.6) is 5.75 Å². The van der Waals surface area contributed by atoms with Gasteiger partial charge in [-0.3, -0.25) is 13.9 Å². The summed E-state index contributed by atoms with van der Waals surface area (Å²) >= 11 is 0. The zero-order chi connectivity index (χ0) is 26.3. The van der Waals surface area contributed by atoms with Crippen molar-refractivity contribution >= 4 is 27.5 Å². The molecule has 190 valence electrons. The quantitative estimate of drug-likeness (QED) is 0.449. The van der Waals surface area contributed by atoms with Crippen molar-refractivity contribution in [3.63, 3.8) is 0 Å². The highest BCUT2D eigenvalue weighted by Gasteiger charge is 2.32. The number of anilines is 1. The van der Waals surface area contributed by atoms with Crippen molar-refractivity contribution in [3.05, 3.63) is 90.2 Å². The third kappa shape index (κ3) is 6.19. The SMILES string of the molecule is CNC(=O)C(C)N(Cc1ccc(OC)cc1)C(=O)CN(c1ccccc1)S(=O)(=O)c1ccc(F)cc1. The molecule has 3 rings (SSSR count). The first kappa shape index (κ1) is 26.7. The van der Waals surface area contributed by atoms with Gasteiger partial charge in [0.05, 0.1) is 17.7 Å². The van der Waals surface area contributed by atoms with E-state index in [1.165, 1.54) is 19.1 Å². The molecule has 1 N–H and O–H groups in total. The van der Waals surface area contributed by atoms with Gasteiger partial charge in [0, 0.05) is 13.6 Å². The van der Waals surface area contributed by atoms with Crippen LogP contribution in [-0.4, -0.2) is 51.9 Å². The van der Waals surface area contributed by atoms with E-state index in [9.17, 15) is 22.4 Å². The Labute approximate surface area is 210 Å². The molecule has 0 bridgehead atoms. The monoisotopic (exact) mass is 513 g/mol. The summed E-state index contributed by atoms with van der Waals surface area (Å²) in [4.78, 5) is 27.2. The summed E-state index contributed by atoms with van der Waals surface area (Å²) < 4.78 is 46.6. The highest BCUT2D eigenvalue weighted by molar-refractivity contribution is 7.92. The van der Waals surface area contributed by atoms with Gasteiger partial charge in [0.25, 0.3) is 10.0 Å². The van der Waals surface area contributed by atoms with E-state index >= 15 is 0 Å². The van der Waals surface area contributed by atoms with Crippen LogP contribution in [0.25, 0.3) is 0 Å². The highest BCUT2D eigenvalue weighted by Crippen LogP contribution is 2.24. The predicted octanol–water partition coefficient (Wildman–Crippen LogP) is 3.19. The predicted molar refractivity (Wildman–Crippen MR) is 134 cm³/mol. The third-order valence-electron chi connectivity index (χ3n) is 5.65. The Morgan fingerprint density at radius 2 is 1.58 bits per heavy atom. The minimum atomic E-state index is -4.23. The highest BCUT2D eigenvalue weighted by atomic mass is 32.2. The maximum atomic E-state index is 13.6. The van der Waals surface area contributed by atoms with Gasteiger partial charge in [-0.05, 0) is 61.0 Å². The number of halogens is 1. The van der Waals surface area contributed by atoms with Crippen molar-refractivity contribution in [1.82, 2.24) is 10.2 Å². The maximum absolute atomic E-state index is 13.6. The van der Waals surface area contributed by atoms with E-state index in [0.717, 1.165) is 34.1 Å². The Hall–Kier alpha value is -3.92. The number of carbonyl (C=O) groups is 2. The molecule has 0 saturated heterocycles. The molecule has 1 unspecified atom stereocenters. The molecule has 3 aromatic carbocycles. The number of benzene rings is 3. The number of methoxy groups -OCH3 is 1. The van der Waals surface area contributed by atoms with Crippen LogP contribution in [0.4, 0.5) is 10.1 Å². The molecule has 0 fully saturated rings. The summed E-state index contributed by atoms with van der Waals surface area (Å²) in [6, 6.07) is 18.6. The van der Waals surface area contributed by atoms with Gasteiger partial charge in [-0.1, -0.05) is 30.3 Å². The van der Waals surface area contributed by atoms with Crippen LogP contribution in [-0.2, 0) is 26.2 Å². The lowest BCUT2D eigenvalue weighted by Gasteiger charge is -2.31. The van der Waals surface area contributed by atoms with Gasteiger partial charge < -0.3 is 15.0 Å². The van der Waals surface area contributed by atoms with Crippen LogP contribution in [0.1, 0.15) is 12.5 Å². The number of para-hydroxylation sites is 1. The van der Waals surface area contributed by atoms with Crippen LogP contribution in [0.15, 0.2) is 83.8 Å². The first-order valence-corrected chi connectivity index (χ1v) is 12.6. The number of carbonyl (C=O) groups excluding carboxylic acids is 2. The Morgan fingerprint density at radius 3 is 2.14 bits per heavy atom. The fourth-order valence-corrected chi connectivity index (χ4v) is 4.99. The smallest absolute Gasteiger partial charge is 0.264 e. The van der Waals surface area contributed by atoms with E-state index in [1.54, 1.807) is 61.5 Å². The summed E-state index contributed by atoms with van der Waals surface area (Å²) in [5, 5.41) is 2.53. The second kappa shape index (κ2) is 11.7. The number of sulfonamides is 1. The average Bonchev–Trinajstić information content (AvgIpc) is 2.90. The van der Waals surface area contributed by atoms with Crippen molar-refractivity contribution in [2.45, 2.75) is 24.4 Å². The van der Waals surface area contributed by atoms with Gasteiger partial charge in [-0.2, -0.15) is 0 Å². The number of ether oxygens (including phenoxy) is 1. The summed E-state index contributed by atoms with van der Waals surface area (Å²) in [6.07, 6.45) is 0. The lowest BCUT2D eigenvalue weighted by molar-refractivity contribution is -0.139. The second-order valence-electron chi connectivity index (χ2n) is 7.96. The normalized spacial score (nSPS) is 11.9. The van der Waals surface area contributed by atoms with Gasteiger partial charge in [0.15, 0.2) is 0 Å². The van der Waals surface area contributed by atoms with Crippen LogP contribution in [0, 0.1) is 5.82 Å². The Kier molecular flexibility index (Phi) is 8.65. The van der Waals surface area contributed by atoms with Gasteiger partial charge in [0.2, 0.25) is 11.8 Å². The Morgan fingerprint density at radius 1 is 0.972 bits per heavy atom. The summed E-state index contributed by atoms with van der Waals surface area (Å²) in [7, 11) is -1.23. The molecule has 2 amide bonds. The van der Waals surface area contributed by atoms with Crippen molar-refractivity contribution in [2.24, 2.45) is 0 Å². The van der Waals surface area contributed by atoms with Gasteiger partial charge in [-0.25, -0.2) is 12.8 Å². The number of nitrogens with one attached hydrogen (secondary N) is 1. The maximum Gasteiger partial charge on any atom is 0.264 e. The Bertz CT molecular complexity index is 1280. The molecular formula is C26H28FN3O5S. The number of nitrogens with zero attached hydrogens (tertiary/aromatic N) is 2. The van der Waals surface area contributed by atoms with Crippen molar-refractivity contribution in [2.75, 3.05) is 25.0 Å². The number of rotatable bonds is 10. The molecular weight excluding hydrogens is 485 g/mol. The minimum Gasteiger partial charge on any atom is -0.497 e. The molecule has 0 aliphatic heterocycles. The number of hydrogen-bond donors (Lipinski definition) is 1.